The van der Waals surface area contributed by atoms with E-state index in [1.54, 1.807) is 0 Å². The summed E-state index contributed by atoms with van der Waals surface area (Å²) in [6.45, 7) is 3.62. The molecular weight excluding hydrogens is 470 g/mol. The third-order valence-corrected chi connectivity index (χ3v) is 7.28. The first-order chi connectivity index (χ1) is 17.6. The van der Waals surface area contributed by atoms with Gasteiger partial charge in [-0.15, -0.1) is 0 Å². The highest BCUT2D eigenvalue weighted by Gasteiger charge is 2.19. The second-order valence-electron chi connectivity index (χ2n) is 9.73. The Bertz CT molecular complexity index is 1320. The van der Waals surface area contributed by atoms with E-state index in [1.807, 2.05) is 72.8 Å². The van der Waals surface area contributed by atoms with Gasteiger partial charge in [-0.25, -0.2) is 4.98 Å². The Kier molecular flexibility index (Phi) is 7.69. The molecule has 3 aromatic carbocycles. The van der Waals surface area contributed by atoms with Gasteiger partial charge in [-0.3, -0.25) is 4.79 Å². The van der Waals surface area contributed by atoms with Crippen molar-refractivity contribution in [2.24, 2.45) is 5.92 Å². The number of likely N-dealkylation sites (tertiary alicyclic amines) is 1. The number of hydrogen-bond acceptors (Lipinski definition) is 4. The van der Waals surface area contributed by atoms with Gasteiger partial charge in [0, 0.05) is 29.2 Å². The molecule has 0 radical (unpaired) electrons. The first kappa shape index (κ1) is 24.5. The van der Waals surface area contributed by atoms with Crippen LogP contribution in [0.5, 0.6) is 5.75 Å². The van der Waals surface area contributed by atoms with Crippen molar-refractivity contribution in [3.63, 3.8) is 0 Å². The number of ketones is 1. The molecule has 1 aromatic heterocycles. The van der Waals surface area contributed by atoms with E-state index in [1.165, 1.54) is 32.4 Å². The van der Waals surface area contributed by atoms with E-state index in [0.29, 0.717) is 22.8 Å². The van der Waals surface area contributed by atoms with Gasteiger partial charge in [-0.2, -0.15) is 0 Å². The van der Waals surface area contributed by atoms with Crippen molar-refractivity contribution in [2.75, 3.05) is 20.1 Å². The van der Waals surface area contributed by atoms with Gasteiger partial charge < -0.3 is 14.2 Å². The average molecular weight is 502 g/mol. The number of hydrogen-bond donors (Lipinski definition) is 0. The normalized spacial score (nSPS) is 16.3. The second-order valence-corrected chi connectivity index (χ2v) is 10.2. The Balaban J connectivity index is 1.38. The summed E-state index contributed by atoms with van der Waals surface area (Å²) in [6.07, 6.45) is 4.88. The number of rotatable bonds is 9. The number of halogens is 1. The van der Waals surface area contributed by atoms with Gasteiger partial charge in [0.25, 0.3) is 0 Å². The molecular formula is C30H32ClN3O2. The van der Waals surface area contributed by atoms with Crippen LogP contribution in [0.15, 0.2) is 72.8 Å². The lowest BCUT2D eigenvalue weighted by Crippen LogP contribution is -2.32. The maximum Gasteiger partial charge on any atom is 0.193 e. The molecule has 5 nitrogen and oxygen atoms in total. The monoisotopic (exact) mass is 501 g/mol. The van der Waals surface area contributed by atoms with E-state index in [2.05, 4.69) is 16.5 Å². The summed E-state index contributed by atoms with van der Waals surface area (Å²) in [6, 6.07) is 22.6. The zero-order valence-electron chi connectivity index (χ0n) is 20.7. The van der Waals surface area contributed by atoms with Crippen molar-refractivity contribution in [2.45, 2.75) is 38.8 Å². The molecule has 1 aliphatic heterocycles. The summed E-state index contributed by atoms with van der Waals surface area (Å²) in [5.41, 5.74) is 3.19. The number of benzene rings is 3. The zero-order valence-corrected chi connectivity index (χ0v) is 21.5. The maximum absolute atomic E-state index is 13.0. The van der Waals surface area contributed by atoms with Crippen molar-refractivity contribution in [3.05, 3.63) is 94.8 Å². The highest BCUT2D eigenvalue weighted by molar-refractivity contribution is 6.30. The van der Waals surface area contributed by atoms with E-state index >= 15 is 0 Å². The molecule has 6 heteroatoms. The van der Waals surface area contributed by atoms with Crippen LogP contribution in [0.2, 0.25) is 5.02 Å². The highest BCUT2D eigenvalue weighted by Crippen LogP contribution is 2.25. The van der Waals surface area contributed by atoms with Crippen LogP contribution in [-0.4, -0.2) is 40.4 Å². The lowest BCUT2D eigenvalue weighted by Gasteiger charge is -2.29. The van der Waals surface area contributed by atoms with Crippen LogP contribution in [0, 0.1) is 5.92 Å². The molecule has 0 spiro atoms. The fourth-order valence-corrected chi connectivity index (χ4v) is 5.29. The Morgan fingerprint density at radius 2 is 1.86 bits per heavy atom. The third kappa shape index (κ3) is 5.80. The van der Waals surface area contributed by atoms with Gasteiger partial charge in [-0.05, 0) is 87.7 Å². The molecule has 1 atom stereocenters. The van der Waals surface area contributed by atoms with E-state index in [9.17, 15) is 4.79 Å². The van der Waals surface area contributed by atoms with Crippen molar-refractivity contribution in [1.82, 2.24) is 14.5 Å². The highest BCUT2D eigenvalue weighted by atomic mass is 35.5. The molecule has 1 saturated heterocycles. The minimum atomic E-state index is 0.00688. The Labute approximate surface area is 217 Å². The van der Waals surface area contributed by atoms with Crippen LogP contribution >= 0.6 is 11.6 Å². The molecule has 0 amide bonds. The molecule has 1 fully saturated rings. The van der Waals surface area contributed by atoms with Crippen LogP contribution in [-0.2, 0) is 13.2 Å². The van der Waals surface area contributed by atoms with E-state index < -0.39 is 0 Å². The predicted octanol–water partition coefficient (Wildman–Crippen LogP) is 6.62. The summed E-state index contributed by atoms with van der Waals surface area (Å²) in [4.78, 5) is 20.4. The van der Waals surface area contributed by atoms with E-state index in [4.69, 9.17) is 21.3 Å². The first-order valence-corrected chi connectivity index (χ1v) is 13.1. The molecule has 186 valence electrons. The number of piperidine rings is 1. The molecule has 0 aliphatic carbocycles. The number of ether oxygens (including phenoxy) is 1. The summed E-state index contributed by atoms with van der Waals surface area (Å²) in [5.74, 6) is 2.38. The van der Waals surface area contributed by atoms with Gasteiger partial charge in [0.1, 0.15) is 18.2 Å². The number of imidazole rings is 1. The molecule has 36 heavy (non-hydrogen) atoms. The molecule has 0 saturated carbocycles. The number of nitrogens with zero attached hydrogens (tertiary/aromatic N) is 3. The predicted molar refractivity (Wildman–Crippen MR) is 145 cm³/mol. The quantitative estimate of drug-likeness (QED) is 0.242. The van der Waals surface area contributed by atoms with E-state index in [-0.39, 0.29) is 5.78 Å². The Hall–Kier alpha value is -3.15. The second kappa shape index (κ2) is 11.3. The Morgan fingerprint density at radius 1 is 1.06 bits per heavy atom. The van der Waals surface area contributed by atoms with Crippen LogP contribution in [0.1, 0.15) is 47.4 Å². The molecule has 1 unspecified atom stereocenters. The van der Waals surface area contributed by atoms with Crippen LogP contribution in [0.3, 0.4) is 0 Å². The minimum absolute atomic E-state index is 0.00688. The van der Waals surface area contributed by atoms with Crippen molar-refractivity contribution >= 4 is 28.4 Å². The third-order valence-electron chi connectivity index (χ3n) is 7.02. The number of carbonyl (C=O) groups excluding carboxylic acids is 1. The van der Waals surface area contributed by atoms with Gasteiger partial charge in [-0.1, -0.05) is 41.9 Å². The average Bonchev–Trinajstić information content (AvgIpc) is 3.25. The fraction of sp³-hybridized carbons (Fsp3) is 0.333. The standard InChI is InChI=1S/C30H32ClN3O2/c1-33-17-5-7-22(20-33)8-6-18-34-28-16-11-24(30(35)23-9-3-2-4-10-23)19-27(28)32-29(34)21-36-26-14-12-25(31)13-15-26/h2-4,9-16,19,22H,5-8,17-18,20-21H2,1H3. The Morgan fingerprint density at radius 3 is 2.64 bits per heavy atom. The smallest absolute Gasteiger partial charge is 0.193 e. The number of aromatic nitrogens is 2. The number of carbonyl (C=O) groups is 1. The minimum Gasteiger partial charge on any atom is -0.486 e. The molecule has 0 N–H and O–H groups in total. The maximum atomic E-state index is 13.0. The zero-order chi connectivity index (χ0) is 24.9. The first-order valence-electron chi connectivity index (χ1n) is 12.7. The lowest BCUT2D eigenvalue weighted by atomic mass is 9.94. The summed E-state index contributed by atoms with van der Waals surface area (Å²) >= 11 is 6.02. The van der Waals surface area contributed by atoms with Gasteiger partial charge in [0.05, 0.1) is 11.0 Å². The molecule has 5 rings (SSSR count). The molecule has 2 heterocycles. The van der Waals surface area contributed by atoms with Gasteiger partial charge in [0.2, 0.25) is 0 Å². The largest absolute Gasteiger partial charge is 0.486 e. The van der Waals surface area contributed by atoms with Crippen LogP contribution in [0.25, 0.3) is 11.0 Å². The van der Waals surface area contributed by atoms with Gasteiger partial charge >= 0.3 is 0 Å². The summed E-state index contributed by atoms with van der Waals surface area (Å²) in [5, 5.41) is 0.679. The number of aryl methyl sites for hydroxylation is 1. The summed E-state index contributed by atoms with van der Waals surface area (Å²) in [7, 11) is 2.22. The van der Waals surface area contributed by atoms with Crippen LogP contribution in [0.4, 0.5) is 0 Å². The van der Waals surface area contributed by atoms with Crippen LogP contribution < -0.4 is 4.74 Å². The molecule has 1 aliphatic rings. The number of fused-ring (bicyclic) bond motifs is 1. The SMILES string of the molecule is CN1CCCC(CCCn2c(COc3ccc(Cl)cc3)nc3cc(C(=O)c4ccccc4)ccc32)C1. The van der Waals surface area contributed by atoms with Gasteiger partial charge in [0.15, 0.2) is 5.78 Å². The van der Waals surface area contributed by atoms with Crippen molar-refractivity contribution in [3.8, 4) is 5.75 Å². The van der Waals surface area contributed by atoms with Crippen molar-refractivity contribution < 1.29 is 9.53 Å². The fourth-order valence-electron chi connectivity index (χ4n) is 5.16. The topological polar surface area (TPSA) is 47.4 Å². The molecule has 4 aromatic rings. The molecule has 0 bridgehead atoms. The lowest BCUT2D eigenvalue weighted by molar-refractivity contribution is 0.103. The summed E-state index contributed by atoms with van der Waals surface area (Å²) < 4.78 is 8.32. The van der Waals surface area contributed by atoms with E-state index in [0.717, 1.165) is 41.5 Å². The van der Waals surface area contributed by atoms with Crippen molar-refractivity contribution in [1.29, 1.82) is 0 Å².